The SMILES string of the molecule is CSc1cccc(NC(=O)Cn2nc(-c3ccco3)c(-c3cc(C)no3)cc2=O)c1. The maximum absolute atomic E-state index is 12.7. The Labute approximate surface area is 175 Å². The predicted molar refractivity (Wildman–Crippen MR) is 113 cm³/mol. The molecule has 8 nitrogen and oxygen atoms in total. The smallest absolute Gasteiger partial charge is 0.268 e. The maximum atomic E-state index is 12.7. The third-order valence-corrected chi connectivity index (χ3v) is 5.02. The second-order valence-electron chi connectivity index (χ2n) is 6.49. The minimum atomic E-state index is -0.442. The molecule has 1 amide bonds. The Bertz CT molecular complexity index is 1240. The number of benzene rings is 1. The van der Waals surface area contributed by atoms with Gasteiger partial charge in [0.15, 0.2) is 11.5 Å². The van der Waals surface area contributed by atoms with Crippen molar-refractivity contribution in [1.82, 2.24) is 14.9 Å². The summed E-state index contributed by atoms with van der Waals surface area (Å²) in [5.41, 5.74) is 1.71. The number of aromatic nitrogens is 3. The molecule has 1 N–H and O–H groups in total. The van der Waals surface area contributed by atoms with Gasteiger partial charge in [-0.1, -0.05) is 11.2 Å². The Morgan fingerprint density at radius 1 is 1.17 bits per heavy atom. The Morgan fingerprint density at radius 3 is 2.73 bits per heavy atom. The van der Waals surface area contributed by atoms with Crippen LogP contribution in [-0.4, -0.2) is 27.1 Å². The second kappa shape index (κ2) is 8.42. The van der Waals surface area contributed by atoms with Gasteiger partial charge >= 0.3 is 0 Å². The predicted octanol–water partition coefficient (Wildman–Crippen LogP) is 3.83. The van der Waals surface area contributed by atoms with E-state index in [-0.39, 0.29) is 12.5 Å². The van der Waals surface area contributed by atoms with E-state index in [1.54, 1.807) is 43.0 Å². The van der Waals surface area contributed by atoms with Crippen LogP contribution in [0.2, 0.25) is 0 Å². The van der Waals surface area contributed by atoms with Crippen LogP contribution >= 0.6 is 11.8 Å². The quantitative estimate of drug-likeness (QED) is 0.471. The molecule has 9 heteroatoms. The lowest BCUT2D eigenvalue weighted by Gasteiger charge is -2.10. The summed E-state index contributed by atoms with van der Waals surface area (Å²) < 4.78 is 11.9. The molecule has 0 radical (unpaired) electrons. The van der Waals surface area contributed by atoms with Gasteiger partial charge in [0.2, 0.25) is 5.91 Å². The molecule has 0 spiro atoms. The summed E-state index contributed by atoms with van der Waals surface area (Å²) in [5.74, 6) is 0.478. The molecule has 0 unspecified atom stereocenters. The zero-order chi connectivity index (χ0) is 21.1. The van der Waals surface area contributed by atoms with E-state index < -0.39 is 5.56 Å². The Kier molecular flexibility index (Phi) is 5.53. The minimum Gasteiger partial charge on any atom is -0.463 e. The molecule has 0 saturated carbocycles. The van der Waals surface area contributed by atoms with E-state index in [2.05, 4.69) is 15.6 Å². The number of anilines is 1. The van der Waals surface area contributed by atoms with Crippen molar-refractivity contribution in [1.29, 1.82) is 0 Å². The summed E-state index contributed by atoms with van der Waals surface area (Å²) in [5, 5.41) is 11.0. The maximum Gasteiger partial charge on any atom is 0.268 e. The van der Waals surface area contributed by atoms with E-state index in [0.29, 0.717) is 34.2 Å². The molecule has 152 valence electrons. The molecule has 0 bridgehead atoms. The average molecular weight is 422 g/mol. The number of carbonyl (C=O) groups excluding carboxylic acids is 1. The van der Waals surface area contributed by atoms with Crippen LogP contribution in [0.1, 0.15) is 5.69 Å². The van der Waals surface area contributed by atoms with Crippen molar-refractivity contribution < 1.29 is 13.7 Å². The molecule has 4 aromatic rings. The van der Waals surface area contributed by atoms with Gasteiger partial charge < -0.3 is 14.3 Å². The van der Waals surface area contributed by atoms with E-state index in [1.807, 2.05) is 24.5 Å². The molecule has 1 aromatic carbocycles. The van der Waals surface area contributed by atoms with Crippen LogP contribution in [0.25, 0.3) is 22.8 Å². The zero-order valence-corrected chi connectivity index (χ0v) is 17.1. The molecule has 4 rings (SSSR count). The van der Waals surface area contributed by atoms with Crippen LogP contribution in [0, 0.1) is 6.92 Å². The summed E-state index contributed by atoms with van der Waals surface area (Å²) in [6.45, 7) is 1.54. The summed E-state index contributed by atoms with van der Waals surface area (Å²) in [4.78, 5) is 26.2. The van der Waals surface area contributed by atoms with E-state index in [0.717, 1.165) is 9.58 Å². The van der Waals surface area contributed by atoms with Crippen molar-refractivity contribution in [3.8, 4) is 22.8 Å². The van der Waals surface area contributed by atoms with Crippen LogP contribution in [0.15, 0.2) is 73.4 Å². The monoisotopic (exact) mass is 422 g/mol. The first-order chi connectivity index (χ1) is 14.5. The Hall–Kier alpha value is -3.59. The normalized spacial score (nSPS) is 10.9. The lowest BCUT2D eigenvalue weighted by atomic mass is 10.1. The fourth-order valence-corrected chi connectivity index (χ4v) is 3.37. The molecule has 0 aliphatic carbocycles. The molecule has 0 aliphatic heterocycles. The highest BCUT2D eigenvalue weighted by atomic mass is 32.2. The van der Waals surface area contributed by atoms with Crippen LogP contribution in [0.3, 0.4) is 0 Å². The van der Waals surface area contributed by atoms with Crippen molar-refractivity contribution in [2.45, 2.75) is 18.4 Å². The molecule has 3 heterocycles. The van der Waals surface area contributed by atoms with Crippen molar-refractivity contribution in [2.24, 2.45) is 0 Å². The molecule has 3 aromatic heterocycles. The number of nitrogens with one attached hydrogen (secondary N) is 1. The van der Waals surface area contributed by atoms with E-state index in [1.165, 1.54) is 12.3 Å². The van der Waals surface area contributed by atoms with Crippen molar-refractivity contribution in [3.05, 3.63) is 70.8 Å². The molecule has 0 atom stereocenters. The molecule has 0 saturated heterocycles. The van der Waals surface area contributed by atoms with Crippen molar-refractivity contribution in [2.75, 3.05) is 11.6 Å². The summed E-state index contributed by atoms with van der Waals surface area (Å²) >= 11 is 1.57. The molecule has 0 aliphatic rings. The van der Waals surface area contributed by atoms with Gasteiger partial charge in [-0.3, -0.25) is 9.59 Å². The fourth-order valence-electron chi connectivity index (χ4n) is 2.91. The first-order valence-corrected chi connectivity index (χ1v) is 10.3. The van der Waals surface area contributed by atoms with Gasteiger partial charge in [0.25, 0.3) is 5.56 Å². The summed E-state index contributed by atoms with van der Waals surface area (Å²) in [6.07, 6.45) is 3.46. The number of thioether (sulfide) groups is 1. The number of furan rings is 1. The van der Waals surface area contributed by atoms with Crippen LogP contribution in [-0.2, 0) is 11.3 Å². The van der Waals surface area contributed by atoms with E-state index >= 15 is 0 Å². The summed E-state index contributed by atoms with van der Waals surface area (Å²) in [7, 11) is 0. The van der Waals surface area contributed by atoms with Gasteiger partial charge in [0.05, 0.1) is 17.5 Å². The topological polar surface area (TPSA) is 103 Å². The molecule has 30 heavy (non-hydrogen) atoms. The van der Waals surface area contributed by atoms with Gasteiger partial charge in [-0.05, 0) is 43.5 Å². The number of rotatable bonds is 6. The minimum absolute atomic E-state index is 0.244. The lowest BCUT2D eigenvalue weighted by Crippen LogP contribution is -2.29. The number of carbonyl (C=O) groups is 1. The zero-order valence-electron chi connectivity index (χ0n) is 16.3. The highest BCUT2D eigenvalue weighted by molar-refractivity contribution is 7.98. The van der Waals surface area contributed by atoms with Crippen molar-refractivity contribution in [3.63, 3.8) is 0 Å². The highest BCUT2D eigenvalue weighted by Gasteiger charge is 2.19. The number of aryl methyl sites for hydroxylation is 1. The first-order valence-electron chi connectivity index (χ1n) is 9.07. The number of nitrogens with zero attached hydrogens (tertiary/aromatic N) is 3. The second-order valence-corrected chi connectivity index (χ2v) is 7.37. The molecular formula is C21H18N4O4S. The van der Waals surface area contributed by atoms with E-state index in [9.17, 15) is 9.59 Å². The van der Waals surface area contributed by atoms with Crippen LogP contribution < -0.4 is 10.9 Å². The van der Waals surface area contributed by atoms with Gasteiger partial charge in [0.1, 0.15) is 12.2 Å². The highest BCUT2D eigenvalue weighted by Crippen LogP contribution is 2.29. The number of amides is 1. The van der Waals surface area contributed by atoms with Crippen LogP contribution in [0.5, 0.6) is 0 Å². The lowest BCUT2D eigenvalue weighted by molar-refractivity contribution is -0.117. The largest absolute Gasteiger partial charge is 0.463 e. The fraction of sp³-hybridized carbons (Fsp3) is 0.143. The van der Waals surface area contributed by atoms with Gasteiger partial charge in [-0.2, -0.15) is 5.10 Å². The molecule has 0 fully saturated rings. The Balaban J connectivity index is 1.66. The third kappa shape index (κ3) is 4.20. The van der Waals surface area contributed by atoms with E-state index in [4.69, 9.17) is 8.94 Å². The summed E-state index contributed by atoms with van der Waals surface area (Å²) in [6, 6.07) is 14.0. The van der Waals surface area contributed by atoms with Gasteiger partial charge in [0, 0.05) is 22.7 Å². The Morgan fingerprint density at radius 2 is 2.03 bits per heavy atom. The number of hydrogen-bond donors (Lipinski definition) is 1. The number of hydrogen-bond acceptors (Lipinski definition) is 7. The first kappa shape index (κ1) is 19.7. The van der Waals surface area contributed by atoms with Gasteiger partial charge in [-0.15, -0.1) is 11.8 Å². The van der Waals surface area contributed by atoms with Gasteiger partial charge in [-0.25, -0.2) is 4.68 Å². The van der Waals surface area contributed by atoms with Crippen molar-refractivity contribution >= 4 is 23.4 Å². The molecular weight excluding hydrogens is 404 g/mol. The standard InChI is InChI=1S/C21H18N4O4S/c1-13-9-18(29-24-13)16-11-20(27)25(23-21(16)17-7-4-8-28-17)12-19(26)22-14-5-3-6-15(10-14)30-2/h3-11H,12H2,1-2H3,(H,22,26). The third-order valence-electron chi connectivity index (χ3n) is 4.29. The average Bonchev–Trinajstić information content (AvgIpc) is 3.41. The van der Waals surface area contributed by atoms with Crippen LogP contribution in [0.4, 0.5) is 5.69 Å².